The molecule has 6 atom stereocenters. The first-order chi connectivity index (χ1) is 11.9. The summed E-state index contributed by atoms with van der Waals surface area (Å²) in [7, 11) is 0. The van der Waals surface area contributed by atoms with E-state index in [0.29, 0.717) is 17.9 Å². The summed E-state index contributed by atoms with van der Waals surface area (Å²) in [6.45, 7) is 15.0. The molecule has 2 aliphatic carbocycles. The quantitative estimate of drug-likeness (QED) is 0.245. The van der Waals surface area contributed by atoms with Crippen molar-refractivity contribution < 1.29 is 8.37 Å². The minimum atomic E-state index is 0.392. The number of hydrogen-bond acceptors (Lipinski definition) is 4. The minimum Gasteiger partial charge on any atom is -0.303 e. The normalized spacial score (nSPS) is 37.0. The van der Waals surface area contributed by atoms with Crippen LogP contribution < -0.4 is 0 Å². The fourth-order valence-electron chi connectivity index (χ4n) is 5.02. The molecule has 0 aliphatic heterocycles. The molecule has 0 aromatic rings. The van der Waals surface area contributed by atoms with Crippen molar-refractivity contribution in [3.63, 3.8) is 0 Å². The lowest BCUT2D eigenvalue weighted by Gasteiger charge is -2.37. The second-order valence-electron chi connectivity index (χ2n) is 9.47. The molecule has 2 saturated carbocycles. The van der Waals surface area contributed by atoms with Gasteiger partial charge in [-0.1, -0.05) is 54.4 Å². The molecule has 2 nitrogen and oxygen atoms in total. The van der Waals surface area contributed by atoms with E-state index >= 15 is 0 Å². The molecule has 0 spiro atoms. The highest BCUT2D eigenvalue weighted by Crippen LogP contribution is 2.41. The minimum absolute atomic E-state index is 0.392. The maximum atomic E-state index is 6.17. The van der Waals surface area contributed by atoms with Gasteiger partial charge >= 0.3 is 0 Å². The second-order valence-corrected chi connectivity index (χ2v) is 11.0. The van der Waals surface area contributed by atoms with Crippen molar-refractivity contribution in [2.75, 3.05) is 6.61 Å². The van der Waals surface area contributed by atoms with E-state index in [1.807, 2.05) is 0 Å². The van der Waals surface area contributed by atoms with Gasteiger partial charge in [-0.2, -0.15) is 0 Å². The summed E-state index contributed by atoms with van der Waals surface area (Å²) < 4.78 is 12.1. The van der Waals surface area contributed by atoms with Gasteiger partial charge in [0.15, 0.2) is 0 Å². The van der Waals surface area contributed by atoms with E-state index in [4.69, 9.17) is 8.37 Å². The first-order valence-corrected chi connectivity index (χ1v) is 12.5. The predicted octanol–water partition coefficient (Wildman–Crippen LogP) is 7.40. The molecule has 4 heteroatoms. The van der Waals surface area contributed by atoms with Crippen molar-refractivity contribution in [3.05, 3.63) is 0 Å². The zero-order chi connectivity index (χ0) is 18.4. The largest absolute Gasteiger partial charge is 0.303 e. The van der Waals surface area contributed by atoms with Crippen LogP contribution >= 0.6 is 22.1 Å². The van der Waals surface area contributed by atoms with Crippen molar-refractivity contribution in [2.24, 2.45) is 41.4 Å². The Balaban J connectivity index is 1.69. The van der Waals surface area contributed by atoms with Crippen LogP contribution in [0.3, 0.4) is 0 Å². The molecule has 2 rings (SSSR count). The van der Waals surface area contributed by atoms with Gasteiger partial charge in [-0.25, -0.2) is 0 Å². The van der Waals surface area contributed by atoms with Crippen LogP contribution in [0.2, 0.25) is 0 Å². The Hall–Kier alpha value is 0.620. The van der Waals surface area contributed by atoms with Gasteiger partial charge in [-0.15, -0.1) is 0 Å². The maximum Gasteiger partial charge on any atom is 0.0928 e. The van der Waals surface area contributed by atoms with Crippen LogP contribution in [0.1, 0.15) is 80.1 Å². The fraction of sp³-hybridized carbons (Fsp3) is 1.00. The third kappa shape index (κ3) is 6.93. The lowest BCUT2D eigenvalue weighted by Crippen LogP contribution is -2.32. The van der Waals surface area contributed by atoms with Crippen LogP contribution in [-0.4, -0.2) is 12.7 Å². The molecule has 6 unspecified atom stereocenters. The average molecular weight is 389 g/mol. The number of hydrogen-bond donors (Lipinski definition) is 0. The van der Waals surface area contributed by atoms with Gasteiger partial charge in [0, 0.05) is 0 Å². The molecule has 0 amide bonds. The summed E-state index contributed by atoms with van der Waals surface area (Å²) >= 11 is 2.94. The van der Waals surface area contributed by atoms with Crippen LogP contribution in [0.5, 0.6) is 0 Å². The highest BCUT2D eigenvalue weighted by Gasteiger charge is 2.33. The molecular formula is C21H40O2S2. The molecule has 0 bridgehead atoms. The standard InChI is InChI=1S/C21H40O2S2/c1-14(2)19-9-7-16(5)11-18(19)13-22-24-25-23-21-12-17(6)8-10-20(21)15(3)4/h14-21H,7-13H2,1-6H3. The van der Waals surface area contributed by atoms with Gasteiger partial charge in [-0.05, 0) is 67.1 Å². The smallest absolute Gasteiger partial charge is 0.0928 e. The van der Waals surface area contributed by atoms with Gasteiger partial charge < -0.3 is 4.18 Å². The van der Waals surface area contributed by atoms with Gasteiger partial charge in [0.2, 0.25) is 0 Å². The molecule has 0 N–H and O–H groups in total. The Kier molecular flexibility index (Phi) is 9.49. The van der Waals surface area contributed by atoms with Crippen molar-refractivity contribution >= 4 is 22.1 Å². The van der Waals surface area contributed by atoms with Crippen LogP contribution in [0.4, 0.5) is 0 Å². The molecule has 2 fully saturated rings. The van der Waals surface area contributed by atoms with Gasteiger partial charge in [-0.3, -0.25) is 4.18 Å². The summed E-state index contributed by atoms with van der Waals surface area (Å²) in [5.74, 6) is 5.37. The van der Waals surface area contributed by atoms with Crippen LogP contribution in [0.15, 0.2) is 0 Å². The average Bonchev–Trinajstić information content (AvgIpc) is 2.54. The summed E-state index contributed by atoms with van der Waals surface area (Å²) in [6.07, 6.45) is 8.34. The lowest BCUT2D eigenvalue weighted by molar-refractivity contribution is 0.0635. The molecule has 0 saturated heterocycles. The summed E-state index contributed by atoms with van der Waals surface area (Å²) in [5.41, 5.74) is 0. The highest BCUT2D eigenvalue weighted by atomic mass is 33.1. The lowest BCUT2D eigenvalue weighted by atomic mass is 9.70. The summed E-state index contributed by atoms with van der Waals surface area (Å²) in [5, 5.41) is 0. The van der Waals surface area contributed by atoms with E-state index in [1.54, 1.807) is 0 Å². The Bertz CT molecular complexity index is 341. The molecule has 25 heavy (non-hydrogen) atoms. The maximum absolute atomic E-state index is 6.17. The molecule has 0 radical (unpaired) electrons. The zero-order valence-electron chi connectivity index (χ0n) is 17.2. The van der Waals surface area contributed by atoms with Crippen molar-refractivity contribution in [2.45, 2.75) is 86.2 Å². The SMILES string of the molecule is CC1CCC(C(C)C)C(COSSOC2CC(C)CCC2C(C)C)C1. The third-order valence-corrected chi connectivity index (χ3v) is 7.95. The molecule has 148 valence electrons. The summed E-state index contributed by atoms with van der Waals surface area (Å²) in [6, 6.07) is 0. The molecular weight excluding hydrogens is 348 g/mol. The topological polar surface area (TPSA) is 18.5 Å². The Morgan fingerprint density at radius 3 is 2.04 bits per heavy atom. The van der Waals surface area contributed by atoms with Crippen molar-refractivity contribution in [1.29, 1.82) is 0 Å². The van der Waals surface area contributed by atoms with E-state index in [-0.39, 0.29) is 0 Å². The molecule has 0 aromatic heterocycles. The fourth-order valence-corrected chi connectivity index (χ4v) is 6.33. The summed E-state index contributed by atoms with van der Waals surface area (Å²) in [4.78, 5) is 0. The molecule has 0 heterocycles. The Morgan fingerprint density at radius 2 is 1.40 bits per heavy atom. The molecule has 2 aliphatic rings. The van der Waals surface area contributed by atoms with Gasteiger partial charge in [0.05, 0.1) is 34.9 Å². The Morgan fingerprint density at radius 1 is 0.800 bits per heavy atom. The van der Waals surface area contributed by atoms with Crippen LogP contribution in [0, 0.1) is 41.4 Å². The van der Waals surface area contributed by atoms with Gasteiger partial charge in [0.25, 0.3) is 0 Å². The highest BCUT2D eigenvalue weighted by molar-refractivity contribution is 8.73. The van der Waals surface area contributed by atoms with Gasteiger partial charge in [0.1, 0.15) is 0 Å². The molecule has 0 aromatic carbocycles. The Labute approximate surface area is 164 Å². The predicted molar refractivity (Wildman–Crippen MR) is 112 cm³/mol. The first kappa shape index (κ1) is 21.9. The monoisotopic (exact) mass is 388 g/mol. The van der Waals surface area contributed by atoms with Crippen LogP contribution in [-0.2, 0) is 8.37 Å². The van der Waals surface area contributed by atoms with E-state index in [0.717, 1.165) is 36.2 Å². The zero-order valence-corrected chi connectivity index (χ0v) is 18.8. The van der Waals surface area contributed by atoms with E-state index in [1.165, 1.54) is 60.7 Å². The second kappa shape index (κ2) is 10.8. The third-order valence-electron chi connectivity index (χ3n) is 6.64. The van der Waals surface area contributed by atoms with Crippen molar-refractivity contribution in [1.82, 2.24) is 0 Å². The van der Waals surface area contributed by atoms with E-state index < -0.39 is 0 Å². The van der Waals surface area contributed by atoms with Crippen LogP contribution in [0.25, 0.3) is 0 Å². The van der Waals surface area contributed by atoms with Crippen molar-refractivity contribution in [3.8, 4) is 0 Å². The number of rotatable bonds is 8. The van der Waals surface area contributed by atoms with E-state index in [9.17, 15) is 0 Å². The first-order valence-electron chi connectivity index (χ1n) is 10.5. The van der Waals surface area contributed by atoms with E-state index in [2.05, 4.69) is 41.5 Å².